The Morgan fingerprint density at radius 3 is 2.58 bits per heavy atom. The summed E-state index contributed by atoms with van der Waals surface area (Å²) in [5.41, 5.74) is 0. The first-order chi connectivity index (χ1) is 5.72. The van der Waals surface area contributed by atoms with E-state index >= 15 is 0 Å². The van der Waals surface area contributed by atoms with Crippen molar-refractivity contribution < 1.29 is 4.74 Å². The molecule has 72 valence electrons. The summed E-state index contributed by atoms with van der Waals surface area (Å²) in [5.74, 6) is 1.64. The van der Waals surface area contributed by atoms with Gasteiger partial charge in [-0.25, -0.2) is 0 Å². The third kappa shape index (κ3) is 3.11. The highest BCUT2D eigenvalue weighted by Crippen LogP contribution is 2.28. The molecule has 0 aromatic heterocycles. The highest BCUT2D eigenvalue weighted by atomic mass is 16.5. The van der Waals surface area contributed by atoms with Crippen LogP contribution in [0.25, 0.3) is 0 Å². The Kier molecular flexibility index (Phi) is 4.02. The third-order valence-electron chi connectivity index (χ3n) is 2.51. The minimum absolute atomic E-state index is 0.552. The van der Waals surface area contributed by atoms with Crippen molar-refractivity contribution in [1.82, 2.24) is 5.32 Å². The zero-order valence-electron chi connectivity index (χ0n) is 8.47. The molecule has 0 aromatic rings. The van der Waals surface area contributed by atoms with Crippen LogP contribution in [0.3, 0.4) is 0 Å². The van der Waals surface area contributed by atoms with Gasteiger partial charge in [-0.15, -0.1) is 0 Å². The van der Waals surface area contributed by atoms with Crippen molar-refractivity contribution in [2.45, 2.75) is 32.8 Å². The maximum absolute atomic E-state index is 5.22. The molecule has 1 fully saturated rings. The van der Waals surface area contributed by atoms with Crippen molar-refractivity contribution in [3.63, 3.8) is 0 Å². The molecule has 0 bridgehead atoms. The summed E-state index contributed by atoms with van der Waals surface area (Å²) in [4.78, 5) is 0. The Morgan fingerprint density at radius 1 is 1.42 bits per heavy atom. The van der Waals surface area contributed by atoms with Crippen LogP contribution in [0.1, 0.15) is 26.7 Å². The maximum atomic E-state index is 5.22. The zero-order chi connectivity index (χ0) is 8.97. The summed E-state index contributed by atoms with van der Waals surface area (Å²) < 4.78 is 5.22. The number of hydrogen-bond acceptors (Lipinski definition) is 2. The molecular formula is C10H21NO. The third-order valence-corrected chi connectivity index (χ3v) is 2.51. The van der Waals surface area contributed by atoms with Crippen molar-refractivity contribution in [3.8, 4) is 0 Å². The molecule has 0 aliphatic heterocycles. The van der Waals surface area contributed by atoms with Crippen LogP contribution < -0.4 is 5.32 Å². The van der Waals surface area contributed by atoms with Gasteiger partial charge in [-0.3, -0.25) is 0 Å². The fraction of sp³-hybridized carbons (Fsp3) is 1.00. The quantitative estimate of drug-likeness (QED) is 0.679. The predicted molar refractivity (Wildman–Crippen MR) is 51.2 cm³/mol. The van der Waals surface area contributed by atoms with Gasteiger partial charge < -0.3 is 10.1 Å². The number of rotatable bonds is 5. The first-order valence-corrected chi connectivity index (χ1v) is 4.96. The molecule has 12 heavy (non-hydrogen) atoms. The summed E-state index contributed by atoms with van der Waals surface area (Å²) in [6, 6.07) is 0. The summed E-state index contributed by atoms with van der Waals surface area (Å²) in [7, 11) is 1.81. The van der Waals surface area contributed by atoms with Crippen LogP contribution >= 0.6 is 0 Å². The Bertz CT molecular complexity index is 119. The summed E-state index contributed by atoms with van der Waals surface area (Å²) in [6.07, 6.45) is 3.05. The molecule has 0 atom stereocenters. The second-order valence-corrected chi connectivity index (χ2v) is 4.25. The van der Waals surface area contributed by atoms with Gasteiger partial charge in [0.25, 0.3) is 0 Å². The smallest absolute Gasteiger partial charge is 0.0577 e. The second kappa shape index (κ2) is 4.83. The van der Waals surface area contributed by atoms with Crippen molar-refractivity contribution >= 4 is 0 Å². The Balaban J connectivity index is 1.90. The fourth-order valence-corrected chi connectivity index (χ4v) is 1.61. The van der Waals surface area contributed by atoms with Crippen molar-refractivity contribution in [2.75, 3.05) is 20.2 Å². The normalized spacial score (nSPS) is 29.0. The van der Waals surface area contributed by atoms with Gasteiger partial charge in [0, 0.05) is 7.11 Å². The van der Waals surface area contributed by atoms with Gasteiger partial charge in [0.2, 0.25) is 0 Å². The summed E-state index contributed by atoms with van der Waals surface area (Å²) in [5, 5.41) is 3.48. The molecule has 2 heteroatoms. The van der Waals surface area contributed by atoms with E-state index in [-0.39, 0.29) is 0 Å². The first-order valence-electron chi connectivity index (χ1n) is 4.96. The van der Waals surface area contributed by atoms with E-state index in [1.54, 1.807) is 0 Å². The predicted octanol–water partition coefficient (Wildman–Crippen LogP) is 1.66. The molecule has 1 aliphatic rings. The van der Waals surface area contributed by atoms with Gasteiger partial charge in [-0.1, -0.05) is 13.8 Å². The molecule has 1 rings (SSSR count). The van der Waals surface area contributed by atoms with Crippen LogP contribution in [0.15, 0.2) is 0 Å². The van der Waals surface area contributed by atoms with E-state index < -0.39 is 0 Å². The molecule has 1 saturated carbocycles. The van der Waals surface area contributed by atoms with E-state index in [1.165, 1.54) is 19.4 Å². The minimum Gasteiger partial charge on any atom is -0.381 e. The average molecular weight is 171 g/mol. The van der Waals surface area contributed by atoms with E-state index in [2.05, 4.69) is 19.2 Å². The van der Waals surface area contributed by atoms with Crippen molar-refractivity contribution in [1.29, 1.82) is 0 Å². The second-order valence-electron chi connectivity index (χ2n) is 4.25. The van der Waals surface area contributed by atoms with Crippen LogP contribution in [0.2, 0.25) is 0 Å². The fourth-order valence-electron chi connectivity index (χ4n) is 1.61. The Hall–Kier alpha value is -0.0800. The molecule has 0 aromatic carbocycles. The van der Waals surface area contributed by atoms with Gasteiger partial charge >= 0.3 is 0 Å². The molecule has 0 heterocycles. The zero-order valence-corrected chi connectivity index (χ0v) is 8.47. The topological polar surface area (TPSA) is 21.3 Å². The highest BCUT2D eigenvalue weighted by Gasteiger charge is 2.28. The number of hydrogen-bond donors (Lipinski definition) is 1. The van der Waals surface area contributed by atoms with Crippen LogP contribution in [0, 0.1) is 11.8 Å². The average Bonchev–Trinajstić information content (AvgIpc) is 1.93. The van der Waals surface area contributed by atoms with E-state index in [1.807, 2.05) is 7.11 Å². The molecule has 0 spiro atoms. The van der Waals surface area contributed by atoms with Gasteiger partial charge in [0.1, 0.15) is 0 Å². The monoisotopic (exact) mass is 171 g/mol. The van der Waals surface area contributed by atoms with E-state index in [9.17, 15) is 0 Å². The van der Waals surface area contributed by atoms with Gasteiger partial charge in [0.15, 0.2) is 0 Å². The molecule has 0 saturated heterocycles. The number of methoxy groups -OCH3 is 1. The molecule has 0 radical (unpaired) electrons. The Labute approximate surface area is 75.7 Å². The molecule has 1 aliphatic carbocycles. The van der Waals surface area contributed by atoms with E-state index in [0.29, 0.717) is 6.10 Å². The van der Waals surface area contributed by atoms with Gasteiger partial charge in [0.05, 0.1) is 6.10 Å². The molecule has 0 amide bonds. The molecule has 0 unspecified atom stereocenters. The summed E-state index contributed by atoms with van der Waals surface area (Å²) >= 11 is 0. The number of nitrogens with one attached hydrogen (secondary N) is 1. The van der Waals surface area contributed by atoms with Crippen molar-refractivity contribution in [3.05, 3.63) is 0 Å². The Morgan fingerprint density at radius 2 is 2.08 bits per heavy atom. The van der Waals surface area contributed by atoms with Gasteiger partial charge in [-0.05, 0) is 37.8 Å². The van der Waals surface area contributed by atoms with Crippen LogP contribution in [0.5, 0.6) is 0 Å². The minimum atomic E-state index is 0.552. The standard InChI is InChI=1S/C10H21NO/c1-8(2)6-11-7-9-4-10(5-9)12-3/h8-11H,4-7H2,1-3H3. The summed E-state index contributed by atoms with van der Waals surface area (Å²) in [6.45, 7) is 6.81. The lowest BCUT2D eigenvalue weighted by Gasteiger charge is -2.34. The lowest BCUT2D eigenvalue weighted by atomic mass is 9.82. The maximum Gasteiger partial charge on any atom is 0.0577 e. The lowest BCUT2D eigenvalue weighted by molar-refractivity contribution is 0.00150. The lowest BCUT2D eigenvalue weighted by Crippen LogP contribution is -2.38. The van der Waals surface area contributed by atoms with Crippen LogP contribution in [0.4, 0.5) is 0 Å². The van der Waals surface area contributed by atoms with Gasteiger partial charge in [-0.2, -0.15) is 0 Å². The van der Waals surface area contributed by atoms with Crippen LogP contribution in [-0.2, 0) is 4.74 Å². The van der Waals surface area contributed by atoms with E-state index in [0.717, 1.165) is 18.4 Å². The molecule has 2 nitrogen and oxygen atoms in total. The van der Waals surface area contributed by atoms with E-state index in [4.69, 9.17) is 4.74 Å². The molecule has 1 N–H and O–H groups in total. The SMILES string of the molecule is COC1CC(CNCC(C)C)C1. The van der Waals surface area contributed by atoms with Crippen molar-refractivity contribution in [2.24, 2.45) is 11.8 Å². The highest BCUT2D eigenvalue weighted by molar-refractivity contribution is 4.81. The van der Waals surface area contributed by atoms with Crippen LogP contribution in [-0.4, -0.2) is 26.3 Å². The number of ether oxygens (including phenoxy) is 1. The molecular weight excluding hydrogens is 150 g/mol. The first kappa shape index (κ1) is 10.0. The largest absolute Gasteiger partial charge is 0.381 e.